The van der Waals surface area contributed by atoms with E-state index in [1.807, 2.05) is 7.05 Å². The monoisotopic (exact) mass is 182 g/mol. The van der Waals surface area contributed by atoms with Crippen molar-refractivity contribution in [1.29, 1.82) is 0 Å². The summed E-state index contributed by atoms with van der Waals surface area (Å²) in [5.74, 6) is 3.35. The lowest BCUT2D eigenvalue weighted by Gasteiger charge is -2.32. The molecular weight excluding hydrogens is 160 g/mol. The molecule has 0 spiro atoms. The fourth-order valence-electron chi connectivity index (χ4n) is 1.58. The van der Waals surface area contributed by atoms with Gasteiger partial charge in [-0.3, -0.25) is 4.90 Å². The average molecular weight is 182 g/mol. The van der Waals surface area contributed by atoms with Crippen molar-refractivity contribution in [3.05, 3.63) is 0 Å². The third kappa shape index (κ3) is 4.31. The van der Waals surface area contributed by atoms with Crippen LogP contribution < -0.4 is 5.32 Å². The number of hydrogen-bond acceptors (Lipinski definition) is 2. The lowest BCUT2D eigenvalue weighted by atomic mass is 10.0. The van der Waals surface area contributed by atoms with Crippen molar-refractivity contribution in [2.24, 2.45) is 5.92 Å². The van der Waals surface area contributed by atoms with Gasteiger partial charge in [0.15, 0.2) is 0 Å². The van der Waals surface area contributed by atoms with Crippen molar-refractivity contribution < 1.29 is 0 Å². The van der Waals surface area contributed by atoms with Gasteiger partial charge in [0.05, 0.1) is 6.54 Å². The topological polar surface area (TPSA) is 15.3 Å². The van der Waals surface area contributed by atoms with Gasteiger partial charge in [-0.2, -0.15) is 0 Å². The molecule has 0 aromatic carbocycles. The molecule has 0 bridgehead atoms. The molecule has 0 fully saturated rings. The van der Waals surface area contributed by atoms with E-state index in [0.717, 1.165) is 19.6 Å². The molecule has 0 aliphatic rings. The van der Waals surface area contributed by atoms with E-state index >= 15 is 0 Å². The van der Waals surface area contributed by atoms with Gasteiger partial charge in [0.2, 0.25) is 0 Å². The molecule has 1 atom stereocenters. The van der Waals surface area contributed by atoms with E-state index in [4.69, 9.17) is 6.42 Å². The molecule has 0 aliphatic heterocycles. The zero-order valence-corrected chi connectivity index (χ0v) is 9.30. The van der Waals surface area contributed by atoms with E-state index in [9.17, 15) is 0 Å². The smallest absolute Gasteiger partial charge is 0.0601 e. The Balaban J connectivity index is 4.22. The minimum atomic E-state index is 0.547. The van der Waals surface area contributed by atoms with Gasteiger partial charge in [0.1, 0.15) is 0 Å². The van der Waals surface area contributed by atoms with Crippen molar-refractivity contribution in [2.75, 3.05) is 26.7 Å². The van der Waals surface area contributed by atoms with Gasteiger partial charge in [-0.25, -0.2) is 0 Å². The Morgan fingerprint density at radius 1 is 1.46 bits per heavy atom. The largest absolute Gasteiger partial charge is 0.318 e. The van der Waals surface area contributed by atoms with Gasteiger partial charge in [-0.1, -0.05) is 26.7 Å². The molecule has 1 N–H and O–H groups in total. The highest BCUT2D eigenvalue weighted by molar-refractivity contribution is 4.91. The molecule has 1 unspecified atom stereocenters. The summed E-state index contributed by atoms with van der Waals surface area (Å²) in [5.41, 5.74) is 0. The Bertz CT molecular complexity index is 158. The van der Waals surface area contributed by atoms with Gasteiger partial charge in [0, 0.05) is 12.6 Å². The predicted molar refractivity (Wildman–Crippen MR) is 58.6 cm³/mol. The summed E-state index contributed by atoms with van der Waals surface area (Å²) < 4.78 is 0. The van der Waals surface area contributed by atoms with Crippen LogP contribution in [0.1, 0.15) is 20.8 Å². The SMILES string of the molecule is C#CCN(CC)C(CNC)C(C)C. The number of nitrogens with zero attached hydrogens (tertiary/aromatic N) is 1. The lowest BCUT2D eigenvalue weighted by Crippen LogP contribution is -2.45. The third-order valence-electron chi connectivity index (χ3n) is 2.35. The van der Waals surface area contributed by atoms with Gasteiger partial charge in [-0.05, 0) is 19.5 Å². The molecule has 0 saturated heterocycles. The lowest BCUT2D eigenvalue weighted by molar-refractivity contribution is 0.181. The maximum Gasteiger partial charge on any atom is 0.0601 e. The van der Waals surface area contributed by atoms with E-state index < -0.39 is 0 Å². The van der Waals surface area contributed by atoms with Gasteiger partial charge in [0.25, 0.3) is 0 Å². The van der Waals surface area contributed by atoms with Crippen LogP contribution in [0.15, 0.2) is 0 Å². The minimum Gasteiger partial charge on any atom is -0.318 e. The average Bonchev–Trinajstić information content (AvgIpc) is 2.10. The number of likely N-dealkylation sites (N-methyl/N-ethyl adjacent to an activating group) is 2. The molecular formula is C11H22N2. The molecule has 76 valence electrons. The van der Waals surface area contributed by atoms with Crippen LogP contribution in [-0.2, 0) is 0 Å². The van der Waals surface area contributed by atoms with E-state index in [1.165, 1.54) is 0 Å². The summed E-state index contributed by atoms with van der Waals surface area (Å²) in [6.45, 7) is 9.41. The summed E-state index contributed by atoms with van der Waals surface area (Å²) in [5, 5.41) is 3.21. The van der Waals surface area contributed by atoms with Crippen LogP contribution in [0.5, 0.6) is 0 Å². The number of terminal acetylenes is 1. The van der Waals surface area contributed by atoms with Gasteiger partial charge >= 0.3 is 0 Å². The van der Waals surface area contributed by atoms with Gasteiger partial charge < -0.3 is 5.32 Å². The molecule has 0 heterocycles. The normalized spacial score (nSPS) is 13.3. The van der Waals surface area contributed by atoms with Crippen molar-refractivity contribution in [2.45, 2.75) is 26.8 Å². The highest BCUT2D eigenvalue weighted by atomic mass is 15.2. The maximum atomic E-state index is 5.33. The predicted octanol–water partition coefficient (Wildman–Crippen LogP) is 1.19. The summed E-state index contributed by atoms with van der Waals surface area (Å²) in [7, 11) is 1.99. The van der Waals surface area contributed by atoms with Crippen LogP contribution in [0.25, 0.3) is 0 Å². The first kappa shape index (κ1) is 12.5. The molecule has 0 rings (SSSR count). The molecule has 0 amide bonds. The second-order valence-corrected chi connectivity index (χ2v) is 3.64. The number of rotatable bonds is 6. The van der Waals surface area contributed by atoms with Crippen LogP contribution in [0.4, 0.5) is 0 Å². The second-order valence-electron chi connectivity index (χ2n) is 3.64. The first-order valence-corrected chi connectivity index (χ1v) is 4.99. The van der Waals surface area contributed by atoms with E-state index in [-0.39, 0.29) is 0 Å². The van der Waals surface area contributed by atoms with Gasteiger partial charge in [-0.15, -0.1) is 6.42 Å². The molecule has 0 aromatic rings. The summed E-state index contributed by atoms with van der Waals surface area (Å²) in [6.07, 6.45) is 5.33. The Morgan fingerprint density at radius 2 is 2.08 bits per heavy atom. The maximum absolute atomic E-state index is 5.33. The molecule has 0 saturated carbocycles. The first-order valence-electron chi connectivity index (χ1n) is 4.99. The van der Waals surface area contributed by atoms with E-state index in [0.29, 0.717) is 12.0 Å². The standard InChI is InChI=1S/C11H22N2/c1-6-8-13(7-2)11(9-12-5)10(3)4/h1,10-12H,7-9H2,2-5H3. The Labute approximate surface area is 82.7 Å². The van der Waals surface area contributed by atoms with Crippen LogP contribution in [-0.4, -0.2) is 37.6 Å². The van der Waals surface area contributed by atoms with Crippen LogP contribution in [0.3, 0.4) is 0 Å². The van der Waals surface area contributed by atoms with Crippen molar-refractivity contribution in [3.63, 3.8) is 0 Å². The molecule has 13 heavy (non-hydrogen) atoms. The second kappa shape index (κ2) is 6.94. The zero-order valence-electron chi connectivity index (χ0n) is 9.30. The first-order chi connectivity index (χ1) is 6.17. The third-order valence-corrected chi connectivity index (χ3v) is 2.35. The van der Waals surface area contributed by atoms with E-state index in [2.05, 4.69) is 36.9 Å². The van der Waals surface area contributed by atoms with Crippen molar-refractivity contribution >= 4 is 0 Å². The Morgan fingerprint density at radius 3 is 2.38 bits per heavy atom. The fraction of sp³-hybridized carbons (Fsp3) is 0.818. The fourth-order valence-corrected chi connectivity index (χ4v) is 1.58. The molecule has 0 aromatic heterocycles. The van der Waals surface area contributed by atoms with Crippen LogP contribution in [0, 0.1) is 18.3 Å². The van der Waals surface area contributed by atoms with Crippen molar-refractivity contribution in [3.8, 4) is 12.3 Å². The molecule has 2 nitrogen and oxygen atoms in total. The molecule has 0 aliphatic carbocycles. The van der Waals surface area contributed by atoms with Crippen molar-refractivity contribution in [1.82, 2.24) is 10.2 Å². The number of nitrogens with one attached hydrogen (secondary N) is 1. The summed E-state index contributed by atoms with van der Waals surface area (Å²) in [4.78, 5) is 2.33. The Kier molecular flexibility index (Phi) is 6.66. The van der Waals surface area contributed by atoms with E-state index in [1.54, 1.807) is 0 Å². The number of hydrogen-bond donors (Lipinski definition) is 1. The quantitative estimate of drug-likeness (QED) is 0.621. The zero-order chi connectivity index (χ0) is 10.3. The Hall–Kier alpha value is -0.520. The minimum absolute atomic E-state index is 0.547. The molecule has 2 heteroatoms. The molecule has 0 radical (unpaired) electrons. The van der Waals surface area contributed by atoms with Crippen LogP contribution >= 0.6 is 0 Å². The highest BCUT2D eigenvalue weighted by Gasteiger charge is 2.18. The summed E-state index contributed by atoms with van der Waals surface area (Å²) in [6, 6.07) is 0.547. The highest BCUT2D eigenvalue weighted by Crippen LogP contribution is 2.09. The van der Waals surface area contributed by atoms with Crippen LogP contribution in [0.2, 0.25) is 0 Å². The summed E-state index contributed by atoms with van der Waals surface area (Å²) >= 11 is 0.